The highest BCUT2D eigenvalue weighted by Crippen LogP contribution is 2.18. The van der Waals surface area contributed by atoms with Crippen molar-refractivity contribution in [2.75, 3.05) is 52.3 Å². The highest BCUT2D eigenvalue weighted by atomic mass is 32.2. The molecule has 0 saturated carbocycles. The van der Waals surface area contributed by atoms with Crippen molar-refractivity contribution in [3.8, 4) is 0 Å². The van der Waals surface area contributed by atoms with Crippen LogP contribution < -0.4 is 5.73 Å². The van der Waals surface area contributed by atoms with Crippen LogP contribution in [0, 0.1) is 11.6 Å². The van der Waals surface area contributed by atoms with Gasteiger partial charge in [-0.05, 0) is 66.4 Å². The lowest BCUT2D eigenvalue weighted by molar-refractivity contribution is -0.154. The van der Waals surface area contributed by atoms with E-state index >= 15 is 0 Å². The van der Waals surface area contributed by atoms with Gasteiger partial charge in [-0.15, -0.1) is 0 Å². The van der Waals surface area contributed by atoms with Crippen LogP contribution >= 0.6 is 11.8 Å². The van der Waals surface area contributed by atoms with Crippen molar-refractivity contribution in [3.63, 3.8) is 0 Å². The van der Waals surface area contributed by atoms with Crippen molar-refractivity contribution in [2.24, 2.45) is 5.73 Å². The molecule has 0 unspecified atom stereocenters. The molecule has 1 aliphatic heterocycles. The number of nitrogens with two attached hydrogens (primary N) is 1. The molecule has 0 bridgehead atoms. The minimum Gasteiger partial charge on any atom is -0.405 e. The predicted molar refractivity (Wildman–Crippen MR) is 150 cm³/mol. The SMILES string of the molecule is C=CN.CSCC[C@H]1C(=O)N(CCc2ccc(F)cc2)CCN1C(=O)CN(C)N(C)Cc1ccc(F)cc1. The summed E-state index contributed by atoms with van der Waals surface area (Å²) in [6, 6.07) is 12.2. The van der Waals surface area contributed by atoms with Gasteiger partial charge in [-0.2, -0.15) is 11.8 Å². The Hall–Kier alpha value is -2.95. The summed E-state index contributed by atoms with van der Waals surface area (Å²) in [6.07, 6.45) is 4.49. The Kier molecular flexibility index (Phi) is 13.3. The molecule has 0 radical (unpaired) electrons. The summed E-state index contributed by atoms with van der Waals surface area (Å²) in [4.78, 5) is 30.1. The largest absolute Gasteiger partial charge is 0.405 e. The lowest BCUT2D eigenvalue weighted by Crippen LogP contribution is -2.60. The minimum absolute atomic E-state index is 0.0249. The fourth-order valence-corrected chi connectivity index (χ4v) is 4.62. The molecule has 7 nitrogen and oxygen atoms in total. The van der Waals surface area contributed by atoms with Crippen LogP contribution in [0.25, 0.3) is 0 Å². The van der Waals surface area contributed by atoms with Crippen LogP contribution in [0.2, 0.25) is 0 Å². The summed E-state index contributed by atoms with van der Waals surface area (Å²) in [7, 11) is 3.71. The highest BCUT2D eigenvalue weighted by molar-refractivity contribution is 7.98. The molecule has 208 valence electrons. The Labute approximate surface area is 229 Å². The number of hydrogen-bond donors (Lipinski definition) is 1. The van der Waals surface area contributed by atoms with E-state index in [1.807, 2.05) is 35.3 Å². The van der Waals surface area contributed by atoms with Crippen molar-refractivity contribution in [3.05, 3.63) is 84.1 Å². The van der Waals surface area contributed by atoms with E-state index in [4.69, 9.17) is 0 Å². The zero-order valence-electron chi connectivity index (χ0n) is 22.5. The third-order valence-electron chi connectivity index (χ3n) is 6.35. The number of amides is 2. The maximum absolute atomic E-state index is 13.3. The average molecular weight is 548 g/mol. The van der Waals surface area contributed by atoms with E-state index in [1.54, 1.807) is 40.9 Å². The van der Waals surface area contributed by atoms with E-state index in [0.717, 1.165) is 16.9 Å². The number of piperazine rings is 1. The Balaban J connectivity index is 0.00000161. The molecule has 1 aliphatic rings. The number of thioether (sulfide) groups is 1. The first-order chi connectivity index (χ1) is 18.2. The van der Waals surface area contributed by atoms with Gasteiger partial charge in [-0.25, -0.2) is 18.8 Å². The first kappa shape index (κ1) is 31.3. The molecule has 3 rings (SSSR count). The number of hydrazine groups is 1. The number of carbonyl (C=O) groups excluding carboxylic acids is 2. The van der Waals surface area contributed by atoms with Crippen LogP contribution in [0.1, 0.15) is 17.5 Å². The molecule has 0 spiro atoms. The van der Waals surface area contributed by atoms with Crippen LogP contribution in [0.5, 0.6) is 0 Å². The average Bonchev–Trinajstić information content (AvgIpc) is 2.89. The topological polar surface area (TPSA) is 73.1 Å². The first-order valence-corrected chi connectivity index (χ1v) is 13.9. The standard InChI is InChI=1S/C26H34F2N4O2S.C2H5N/c1-29(18-21-6-10-23(28)11-7-21)30(2)19-25(33)32-16-15-31(26(34)24(32)13-17-35-3)14-12-20-4-8-22(27)9-5-20;1-2-3/h4-11,24H,12-19H2,1-3H3;2H,1,3H2/t24-;/m0./s1. The molecule has 1 atom stereocenters. The van der Waals surface area contributed by atoms with Crippen LogP contribution in [0.3, 0.4) is 0 Å². The minimum atomic E-state index is -0.479. The number of carbonyl (C=O) groups is 2. The van der Waals surface area contributed by atoms with Crippen molar-refractivity contribution < 1.29 is 18.4 Å². The van der Waals surface area contributed by atoms with Crippen molar-refractivity contribution in [1.29, 1.82) is 0 Å². The molecule has 2 N–H and O–H groups in total. The number of likely N-dealkylation sites (N-methyl/N-ethyl adjacent to an activating group) is 1. The van der Waals surface area contributed by atoms with Gasteiger partial charge in [0.2, 0.25) is 11.8 Å². The maximum atomic E-state index is 13.3. The third kappa shape index (κ3) is 9.74. The summed E-state index contributed by atoms with van der Waals surface area (Å²) in [6.45, 7) is 5.34. The van der Waals surface area contributed by atoms with Gasteiger partial charge < -0.3 is 15.5 Å². The van der Waals surface area contributed by atoms with Crippen molar-refractivity contribution in [1.82, 2.24) is 19.8 Å². The van der Waals surface area contributed by atoms with Gasteiger partial charge >= 0.3 is 0 Å². The lowest BCUT2D eigenvalue weighted by Gasteiger charge is -2.41. The maximum Gasteiger partial charge on any atom is 0.245 e. The Morgan fingerprint density at radius 3 is 2.16 bits per heavy atom. The molecule has 10 heteroatoms. The van der Waals surface area contributed by atoms with E-state index in [1.165, 1.54) is 30.5 Å². The van der Waals surface area contributed by atoms with E-state index in [-0.39, 0.29) is 30.0 Å². The normalized spacial score (nSPS) is 15.4. The summed E-state index contributed by atoms with van der Waals surface area (Å²) in [5.41, 5.74) is 6.53. The molecule has 2 aromatic carbocycles. The summed E-state index contributed by atoms with van der Waals surface area (Å²) in [5, 5.41) is 3.73. The first-order valence-electron chi connectivity index (χ1n) is 12.5. The van der Waals surface area contributed by atoms with E-state index < -0.39 is 6.04 Å². The fraction of sp³-hybridized carbons (Fsp3) is 0.429. The molecule has 2 amide bonds. The second-order valence-electron chi connectivity index (χ2n) is 9.08. The Bertz CT molecular complexity index is 1020. The van der Waals surface area contributed by atoms with Crippen molar-refractivity contribution >= 4 is 23.6 Å². The third-order valence-corrected chi connectivity index (χ3v) is 7.00. The summed E-state index contributed by atoms with van der Waals surface area (Å²) >= 11 is 1.66. The fourth-order valence-electron chi connectivity index (χ4n) is 4.17. The molecule has 38 heavy (non-hydrogen) atoms. The van der Waals surface area contributed by atoms with Crippen LogP contribution in [-0.4, -0.2) is 90.0 Å². The van der Waals surface area contributed by atoms with E-state index in [2.05, 4.69) is 12.3 Å². The molecule has 0 aromatic heterocycles. The van der Waals surface area contributed by atoms with Gasteiger partial charge in [0.15, 0.2) is 0 Å². The summed E-state index contributed by atoms with van der Waals surface area (Å²) in [5.74, 6) is 0.117. The zero-order valence-corrected chi connectivity index (χ0v) is 23.3. The van der Waals surface area contributed by atoms with Gasteiger partial charge in [0.25, 0.3) is 0 Å². The molecule has 0 aliphatic carbocycles. The highest BCUT2D eigenvalue weighted by Gasteiger charge is 2.37. The van der Waals surface area contributed by atoms with Gasteiger partial charge in [0.05, 0.1) is 6.54 Å². The lowest BCUT2D eigenvalue weighted by atomic mass is 10.1. The van der Waals surface area contributed by atoms with Gasteiger partial charge in [0, 0.05) is 40.3 Å². The molecular weight excluding hydrogens is 508 g/mol. The molecule has 1 heterocycles. The van der Waals surface area contributed by atoms with Gasteiger partial charge in [0.1, 0.15) is 17.7 Å². The number of nitrogens with zero attached hydrogens (tertiary/aromatic N) is 4. The smallest absolute Gasteiger partial charge is 0.245 e. The molecule has 1 saturated heterocycles. The molecular formula is C28H39F2N5O2S. The van der Waals surface area contributed by atoms with E-state index in [9.17, 15) is 18.4 Å². The number of rotatable bonds is 11. The number of hydrogen-bond acceptors (Lipinski definition) is 6. The molecule has 2 aromatic rings. The van der Waals surface area contributed by atoms with Crippen LogP contribution in [-0.2, 0) is 22.6 Å². The van der Waals surface area contributed by atoms with E-state index in [0.29, 0.717) is 39.0 Å². The monoisotopic (exact) mass is 547 g/mol. The van der Waals surface area contributed by atoms with Gasteiger partial charge in [-0.1, -0.05) is 30.8 Å². The van der Waals surface area contributed by atoms with Crippen LogP contribution in [0.4, 0.5) is 8.78 Å². The second-order valence-corrected chi connectivity index (χ2v) is 10.1. The summed E-state index contributed by atoms with van der Waals surface area (Å²) < 4.78 is 26.3. The molecule has 1 fully saturated rings. The Morgan fingerprint density at radius 1 is 1.05 bits per heavy atom. The van der Waals surface area contributed by atoms with Gasteiger partial charge in [-0.3, -0.25) is 9.59 Å². The predicted octanol–water partition coefficient (Wildman–Crippen LogP) is 3.37. The zero-order chi connectivity index (χ0) is 28.1. The quantitative estimate of drug-likeness (QED) is 0.435. The Morgan fingerprint density at radius 2 is 1.61 bits per heavy atom. The van der Waals surface area contributed by atoms with Crippen molar-refractivity contribution in [2.45, 2.75) is 25.4 Å². The van der Waals surface area contributed by atoms with Crippen LogP contribution in [0.15, 0.2) is 61.3 Å². The second kappa shape index (κ2) is 16.1. The number of benzene rings is 2. The number of halogens is 2.